The average molecular weight is 194 g/mol. The molecule has 2 fully saturated rings. The SMILES string of the molecule is C#CCON1C2CCC1CC(NC)C2. The Hall–Kier alpha value is -0.560. The second-order valence-electron chi connectivity index (χ2n) is 4.18. The highest BCUT2D eigenvalue weighted by molar-refractivity contribution is 4.94. The highest BCUT2D eigenvalue weighted by Gasteiger charge is 2.41. The molecule has 0 aromatic heterocycles. The highest BCUT2D eigenvalue weighted by Crippen LogP contribution is 2.35. The fourth-order valence-corrected chi connectivity index (χ4v) is 2.69. The lowest BCUT2D eigenvalue weighted by Gasteiger charge is -2.37. The van der Waals surface area contributed by atoms with Crippen molar-refractivity contribution in [3.05, 3.63) is 0 Å². The van der Waals surface area contributed by atoms with Crippen LogP contribution in [0.2, 0.25) is 0 Å². The quantitative estimate of drug-likeness (QED) is 0.671. The van der Waals surface area contributed by atoms with E-state index in [1.807, 2.05) is 7.05 Å². The Morgan fingerprint density at radius 2 is 2.07 bits per heavy atom. The number of hydrogen-bond acceptors (Lipinski definition) is 3. The summed E-state index contributed by atoms with van der Waals surface area (Å²) >= 11 is 0. The smallest absolute Gasteiger partial charge is 0.129 e. The Bertz CT molecular complexity index is 222. The monoisotopic (exact) mass is 194 g/mol. The molecular weight excluding hydrogens is 176 g/mol. The molecule has 3 heteroatoms. The van der Waals surface area contributed by atoms with Gasteiger partial charge in [0.1, 0.15) is 6.61 Å². The van der Waals surface area contributed by atoms with Gasteiger partial charge in [0.05, 0.1) is 0 Å². The van der Waals surface area contributed by atoms with E-state index in [9.17, 15) is 0 Å². The molecule has 0 aromatic carbocycles. The molecule has 2 unspecified atom stereocenters. The molecule has 1 N–H and O–H groups in total. The molecule has 0 amide bonds. The first-order valence-corrected chi connectivity index (χ1v) is 5.37. The van der Waals surface area contributed by atoms with Gasteiger partial charge in [-0.3, -0.25) is 4.84 Å². The number of rotatable bonds is 3. The molecule has 14 heavy (non-hydrogen) atoms. The number of terminal acetylenes is 1. The average Bonchev–Trinajstić information content (AvgIpc) is 2.46. The first kappa shape index (κ1) is 9.97. The zero-order chi connectivity index (χ0) is 9.97. The van der Waals surface area contributed by atoms with Crippen LogP contribution in [0.1, 0.15) is 25.7 Å². The van der Waals surface area contributed by atoms with Gasteiger partial charge in [-0.15, -0.1) is 6.42 Å². The highest BCUT2D eigenvalue weighted by atomic mass is 16.7. The summed E-state index contributed by atoms with van der Waals surface area (Å²) in [5.41, 5.74) is 0. The summed E-state index contributed by atoms with van der Waals surface area (Å²) in [6.07, 6.45) is 10.1. The van der Waals surface area contributed by atoms with Crippen LogP contribution < -0.4 is 5.32 Å². The maximum Gasteiger partial charge on any atom is 0.129 e. The van der Waals surface area contributed by atoms with Gasteiger partial charge < -0.3 is 5.32 Å². The van der Waals surface area contributed by atoms with Gasteiger partial charge in [-0.25, -0.2) is 0 Å². The van der Waals surface area contributed by atoms with Crippen LogP contribution in [-0.4, -0.2) is 36.8 Å². The third kappa shape index (κ3) is 1.78. The molecule has 0 aliphatic carbocycles. The maximum atomic E-state index is 5.58. The fraction of sp³-hybridized carbons (Fsp3) is 0.818. The van der Waals surface area contributed by atoms with E-state index in [1.54, 1.807) is 0 Å². The van der Waals surface area contributed by atoms with Gasteiger partial charge in [0.2, 0.25) is 0 Å². The number of piperidine rings is 1. The summed E-state index contributed by atoms with van der Waals surface area (Å²) in [5, 5.41) is 5.51. The Morgan fingerprint density at radius 1 is 1.43 bits per heavy atom. The van der Waals surface area contributed by atoms with E-state index in [0.717, 1.165) is 0 Å². The molecule has 78 valence electrons. The van der Waals surface area contributed by atoms with Crippen molar-refractivity contribution in [1.82, 2.24) is 10.4 Å². The summed E-state index contributed by atoms with van der Waals surface area (Å²) in [5.74, 6) is 2.53. The van der Waals surface area contributed by atoms with Crippen LogP contribution in [0, 0.1) is 12.3 Å². The predicted octanol–water partition coefficient (Wildman–Crippen LogP) is 0.766. The molecule has 2 aliphatic rings. The molecule has 0 saturated carbocycles. The summed E-state index contributed by atoms with van der Waals surface area (Å²) in [6, 6.07) is 1.83. The van der Waals surface area contributed by atoms with Crippen molar-refractivity contribution in [2.45, 2.75) is 43.8 Å². The van der Waals surface area contributed by atoms with Crippen molar-refractivity contribution in [3.63, 3.8) is 0 Å². The second kappa shape index (κ2) is 4.31. The van der Waals surface area contributed by atoms with E-state index >= 15 is 0 Å². The number of nitrogens with zero attached hydrogens (tertiary/aromatic N) is 1. The van der Waals surface area contributed by atoms with Crippen LogP contribution >= 0.6 is 0 Å². The minimum absolute atomic E-state index is 0.414. The molecule has 2 rings (SSSR count). The summed E-state index contributed by atoms with van der Waals surface area (Å²) in [6.45, 7) is 0.414. The lowest BCUT2D eigenvalue weighted by molar-refractivity contribution is -0.197. The van der Waals surface area contributed by atoms with Gasteiger partial charge in [-0.1, -0.05) is 5.92 Å². The molecule has 2 bridgehead atoms. The van der Waals surface area contributed by atoms with Crippen molar-refractivity contribution in [2.75, 3.05) is 13.7 Å². The largest absolute Gasteiger partial charge is 0.317 e. The third-order valence-electron chi connectivity index (χ3n) is 3.37. The van der Waals surface area contributed by atoms with E-state index in [4.69, 9.17) is 11.3 Å². The summed E-state index contributed by atoms with van der Waals surface area (Å²) in [4.78, 5) is 5.58. The molecular formula is C11H18N2O. The Labute approximate surface area is 85.8 Å². The topological polar surface area (TPSA) is 24.5 Å². The van der Waals surface area contributed by atoms with Gasteiger partial charge in [0, 0.05) is 18.1 Å². The summed E-state index contributed by atoms with van der Waals surface area (Å²) < 4.78 is 0. The van der Waals surface area contributed by atoms with E-state index in [2.05, 4.69) is 16.3 Å². The number of hydrogen-bond donors (Lipinski definition) is 1. The first-order chi connectivity index (χ1) is 6.85. The fourth-order valence-electron chi connectivity index (χ4n) is 2.69. The minimum atomic E-state index is 0.414. The van der Waals surface area contributed by atoms with Crippen LogP contribution in [0.25, 0.3) is 0 Å². The Balaban J connectivity index is 1.93. The van der Waals surface area contributed by atoms with E-state index in [0.29, 0.717) is 24.7 Å². The van der Waals surface area contributed by atoms with Gasteiger partial charge in [0.25, 0.3) is 0 Å². The van der Waals surface area contributed by atoms with E-state index in [1.165, 1.54) is 25.7 Å². The number of nitrogens with one attached hydrogen (secondary N) is 1. The van der Waals surface area contributed by atoms with Crippen LogP contribution in [0.5, 0.6) is 0 Å². The van der Waals surface area contributed by atoms with Gasteiger partial charge in [0.15, 0.2) is 0 Å². The lowest BCUT2D eigenvalue weighted by Crippen LogP contribution is -2.48. The zero-order valence-electron chi connectivity index (χ0n) is 8.70. The standard InChI is InChI=1S/C11H18N2O/c1-3-6-14-13-10-4-5-11(13)8-9(7-10)12-2/h1,9-12H,4-8H2,2H3. The van der Waals surface area contributed by atoms with Crippen LogP contribution in [0.15, 0.2) is 0 Å². The van der Waals surface area contributed by atoms with Crippen LogP contribution in [0.4, 0.5) is 0 Å². The molecule has 2 heterocycles. The van der Waals surface area contributed by atoms with Gasteiger partial charge in [-0.2, -0.15) is 5.06 Å². The van der Waals surface area contributed by atoms with Crippen LogP contribution in [0.3, 0.4) is 0 Å². The maximum absolute atomic E-state index is 5.58. The van der Waals surface area contributed by atoms with Crippen molar-refractivity contribution in [2.24, 2.45) is 0 Å². The molecule has 2 aliphatic heterocycles. The van der Waals surface area contributed by atoms with Crippen molar-refractivity contribution >= 4 is 0 Å². The van der Waals surface area contributed by atoms with Gasteiger partial charge in [-0.05, 0) is 32.7 Å². The number of hydroxylamine groups is 2. The van der Waals surface area contributed by atoms with Crippen molar-refractivity contribution < 1.29 is 4.84 Å². The Morgan fingerprint density at radius 3 is 2.57 bits per heavy atom. The first-order valence-electron chi connectivity index (χ1n) is 5.37. The molecule has 0 aromatic rings. The zero-order valence-corrected chi connectivity index (χ0v) is 8.70. The molecule has 0 radical (unpaired) electrons. The lowest BCUT2D eigenvalue weighted by atomic mass is 10.00. The molecule has 2 atom stereocenters. The third-order valence-corrected chi connectivity index (χ3v) is 3.37. The van der Waals surface area contributed by atoms with Crippen molar-refractivity contribution in [3.8, 4) is 12.3 Å². The van der Waals surface area contributed by atoms with Crippen molar-refractivity contribution in [1.29, 1.82) is 0 Å². The molecule has 2 saturated heterocycles. The minimum Gasteiger partial charge on any atom is -0.317 e. The normalized spacial score (nSPS) is 37.0. The second-order valence-corrected chi connectivity index (χ2v) is 4.18. The van der Waals surface area contributed by atoms with Gasteiger partial charge >= 0.3 is 0 Å². The predicted molar refractivity (Wildman–Crippen MR) is 55.5 cm³/mol. The number of fused-ring (bicyclic) bond motifs is 2. The Kier molecular flexibility index (Phi) is 3.07. The molecule has 3 nitrogen and oxygen atoms in total. The molecule has 0 spiro atoms. The van der Waals surface area contributed by atoms with E-state index < -0.39 is 0 Å². The van der Waals surface area contributed by atoms with Crippen LogP contribution in [-0.2, 0) is 4.84 Å². The van der Waals surface area contributed by atoms with E-state index in [-0.39, 0.29) is 0 Å². The summed E-state index contributed by atoms with van der Waals surface area (Å²) in [7, 11) is 2.04.